The fourth-order valence-electron chi connectivity index (χ4n) is 7.65. The van der Waals surface area contributed by atoms with Crippen molar-refractivity contribution in [2.75, 3.05) is 68.8 Å². The largest absolute Gasteiger partial charge is 0.465 e. The molecule has 3 aliphatic heterocycles. The number of rotatable bonds is 8. The average Bonchev–Trinajstić information content (AvgIpc) is 3.88. The molecular weight excluding hydrogens is 616 g/mol. The van der Waals surface area contributed by atoms with E-state index in [4.69, 9.17) is 26.3 Å². The number of piperazine rings is 2. The Morgan fingerprint density at radius 2 is 1.83 bits per heavy atom. The summed E-state index contributed by atoms with van der Waals surface area (Å²) < 4.78 is 6.52. The van der Waals surface area contributed by atoms with Gasteiger partial charge in [-0.1, -0.05) is 35.9 Å². The molecule has 0 spiro atoms. The van der Waals surface area contributed by atoms with E-state index in [-0.39, 0.29) is 12.0 Å². The van der Waals surface area contributed by atoms with Crippen LogP contribution in [0.4, 0.5) is 16.3 Å². The van der Waals surface area contributed by atoms with Gasteiger partial charge in [-0.2, -0.15) is 15.2 Å². The summed E-state index contributed by atoms with van der Waals surface area (Å²) in [6, 6.07) is 14.9. The highest BCUT2D eigenvalue weighted by Crippen LogP contribution is 2.43. The molecule has 7 rings (SSSR count). The van der Waals surface area contributed by atoms with Crippen molar-refractivity contribution < 1.29 is 14.6 Å². The number of anilines is 2. The van der Waals surface area contributed by atoms with Gasteiger partial charge in [-0.15, -0.1) is 0 Å². The number of halogens is 1. The van der Waals surface area contributed by atoms with Gasteiger partial charge < -0.3 is 24.5 Å². The molecule has 1 saturated carbocycles. The number of carboxylic acid groups (broad SMARTS) is 1. The van der Waals surface area contributed by atoms with E-state index in [0.29, 0.717) is 44.8 Å². The molecule has 0 radical (unpaired) electrons. The summed E-state index contributed by atoms with van der Waals surface area (Å²) >= 11 is 6.73. The summed E-state index contributed by atoms with van der Waals surface area (Å²) in [7, 11) is 0. The molecule has 1 aromatic heterocycles. The van der Waals surface area contributed by atoms with Gasteiger partial charge >= 0.3 is 12.1 Å². The van der Waals surface area contributed by atoms with Gasteiger partial charge in [0.05, 0.1) is 41.3 Å². The van der Waals surface area contributed by atoms with Gasteiger partial charge in [0.2, 0.25) is 0 Å². The molecule has 248 valence electrons. The van der Waals surface area contributed by atoms with E-state index in [1.54, 1.807) is 0 Å². The van der Waals surface area contributed by atoms with Crippen molar-refractivity contribution in [3.63, 3.8) is 0 Å². The predicted octanol–water partition coefficient (Wildman–Crippen LogP) is 4.87. The molecule has 2 aromatic carbocycles. The summed E-state index contributed by atoms with van der Waals surface area (Å²) in [6.07, 6.45) is 2.07. The van der Waals surface area contributed by atoms with Crippen LogP contribution in [0.25, 0.3) is 10.8 Å². The van der Waals surface area contributed by atoms with Gasteiger partial charge in [0.15, 0.2) is 0 Å². The van der Waals surface area contributed by atoms with Crippen LogP contribution in [0.3, 0.4) is 0 Å². The number of hydrogen-bond acceptors (Lipinski definition) is 9. The molecule has 1 aliphatic carbocycles. The van der Waals surface area contributed by atoms with Crippen LogP contribution in [0.5, 0.6) is 6.01 Å². The number of aromatic nitrogens is 2. The number of hydrogen-bond donors (Lipinski definition) is 1. The average molecular weight is 659 g/mol. The fourth-order valence-corrected chi connectivity index (χ4v) is 7.93. The number of nitrogens with zero attached hydrogens (tertiary/aromatic N) is 8. The van der Waals surface area contributed by atoms with Gasteiger partial charge in [-0.25, -0.2) is 4.79 Å². The maximum Gasteiger partial charge on any atom is 0.407 e. The predicted molar refractivity (Wildman–Crippen MR) is 182 cm³/mol. The zero-order valence-corrected chi connectivity index (χ0v) is 28.0. The topological polar surface area (TPSA) is 112 Å². The van der Waals surface area contributed by atoms with E-state index in [9.17, 15) is 15.2 Å². The minimum atomic E-state index is -0.994. The van der Waals surface area contributed by atoms with Gasteiger partial charge in [0.25, 0.3) is 0 Å². The SMILES string of the molecule is CC(C)N1CCN(C2(COc3nc4c(c(N5CCN(C(=O)O)[C@@H](CC#N)C5)n3)CCN(c3cccc5cccc(Cl)c35)C4)CC2)CC1. The van der Waals surface area contributed by atoms with Crippen LogP contribution < -0.4 is 14.5 Å². The number of benzene rings is 2. The number of carbonyl (C=O) groups is 1. The summed E-state index contributed by atoms with van der Waals surface area (Å²) in [6.45, 7) is 11.8. The summed E-state index contributed by atoms with van der Waals surface area (Å²) in [5.41, 5.74) is 3.07. The third-order valence-electron chi connectivity index (χ3n) is 10.6. The van der Waals surface area contributed by atoms with Crippen molar-refractivity contribution in [1.29, 1.82) is 5.26 Å². The van der Waals surface area contributed by atoms with Crippen molar-refractivity contribution in [2.24, 2.45) is 0 Å². The first-order chi connectivity index (χ1) is 22.8. The van der Waals surface area contributed by atoms with Crippen molar-refractivity contribution in [3.05, 3.63) is 52.7 Å². The standard InChI is InChI=1S/C35H43ClN8O3/c1-24(2)40-15-18-43(19-16-40)35(11-12-35)23-47-33-38-29-22-41(30-8-4-6-25-5-3-7-28(36)31(25)30)14-10-27(29)32(39-33)42-17-20-44(34(45)46)26(21-42)9-13-37/h3-8,24,26H,9-12,14-23H2,1-2H3,(H,45,46)/t26-/m0/s1. The Bertz CT molecular complexity index is 1680. The second kappa shape index (κ2) is 13.0. The van der Waals surface area contributed by atoms with Crippen molar-refractivity contribution in [3.8, 4) is 12.1 Å². The van der Waals surface area contributed by atoms with Crippen LogP contribution in [0, 0.1) is 11.3 Å². The van der Waals surface area contributed by atoms with Gasteiger partial charge in [-0.3, -0.25) is 9.80 Å². The minimum Gasteiger partial charge on any atom is -0.465 e. The van der Waals surface area contributed by atoms with E-state index >= 15 is 0 Å². The zero-order chi connectivity index (χ0) is 32.7. The Balaban J connectivity index is 1.18. The highest BCUT2D eigenvalue weighted by Gasteiger charge is 2.49. The monoisotopic (exact) mass is 658 g/mol. The molecule has 0 unspecified atom stereocenters. The molecule has 1 amide bonds. The molecule has 2 saturated heterocycles. The van der Waals surface area contributed by atoms with Crippen LogP contribution in [0.1, 0.15) is 44.4 Å². The molecule has 11 nitrogen and oxygen atoms in total. The number of nitriles is 1. The van der Waals surface area contributed by atoms with E-state index < -0.39 is 12.1 Å². The number of ether oxygens (including phenoxy) is 1. The van der Waals surface area contributed by atoms with Crippen molar-refractivity contribution >= 4 is 40.0 Å². The Hall–Kier alpha value is -3.85. The number of fused-ring (bicyclic) bond motifs is 2. The van der Waals surface area contributed by atoms with Crippen LogP contribution >= 0.6 is 11.6 Å². The van der Waals surface area contributed by atoms with Gasteiger partial charge in [0, 0.05) is 75.0 Å². The lowest BCUT2D eigenvalue weighted by atomic mass is 10.0. The Kier molecular flexibility index (Phi) is 8.76. The second-order valence-corrected chi connectivity index (χ2v) is 14.0. The van der Waals surface area contributed by atoms with E-state index in [0.717, 1.165) is 90.5 Å². The van der Waals surface area contributed by atoms with E-state index in [2.05, 4.69) is 63.8 Å². The maximum absolute atomic E-state index is 12.0. The molecule has 3 aromatic rings. The molecule has 12 heteroatoms. The molecule has 47 heavy (non-hydrogen) atoms. The van der Waals surface area contributed by atoms with Crippen LogP contribution in [0.15, 0.2) is 36.4 Å². The molecule has 4 heterocycles. The number of amides is 1. The zero-order valence-electron chi connectivity index (χ0n) is 27.2. The van der Waals surface area contributed by atoms with Crippen molar-refractivity contribution in [2.45, 2.75) is 63.7 Å². The van der Waals surface area contributed by atoms with Crippen LogP contribution in [-0.4, -0.2) is 112 Å². The first kappa shape index (κ1) is 31.7. The van der Waals surface area contributed by atoms with Crippen LogP contribution in [0.2, 0.25) is 5.02 Å². The summed E-state index contributed by atoms with van der Waals surface area (Å²) in [5, 5.41) is 22.1. The molecule has 4 aliphatic rings. The van der Waals surface area contributed by atoms with Crippen molar-refractivity contribution in [1.82, 2.24) is 24.7 Å². The highest BCUT2D eigenvalue weighted by atomic mass is 35.5. The lowest BCUT2D eigenvalue weighted by Gasteiger charge is -2.41. The summed E-state index contributed by atoms with van der Waals surface area (Å²) in [4.78, 5) is 33.0. The van der Waals surface area contributed by atoms with Gasteiger partial charge in [0.1, 0.15) is 12.4 Å². The minimum absolute atomic E-state index is 0.0270. The smallest absolute Gasteiger partial charge is 0.407 e. The fraction of sp³-hybridized carbons (Fsp3) is 0.543. The molecule has 1 N–H and O–H groups in total. The van der Waals surface area contributed by atoms with E-state index in [1.165, 1.54) is 4.90 Å². The summed E-state index contributed by atoms with van der Waals surface area (Å²) in [5.74, 6) is 0.795. The lowest BCUT2D eigenvalue weighted by molar-refractivity contribution is 0.0449. The quantitative estimate of drug-likeness (QED) is 0.360. The Morgan fingerprint density at radius 3 is 2.53 bits per heavy atom. The van der Waals surface area contributed by atoms with E-state index in [1.807, 2.05) is 12.1 Å². The molecule has 1 atom stereocenters. The lowest BCUT2D eigenvalue weighted by Crippen LogP contribution is -2.55. The first-order valence-corrected chi connectivity index (χ1v) is 17.2. The Labute approximate surface area is 281 Å². The first-order valence-electron chi connectivity index (χ1n) is 16.8. The van der Waals surface area contributed by atoms with Crippen LogP contribution in [-0.2, 0) is 13.0 Å². The highest BCUT2D eigenvalue weighted by molar-refractivity contribution is 6.36. The molecule has 3 fully saturated rings. The molecule has 0 bridgehead atoms. The third kappa shape index (κ3) is 6.26. The third-order valence-corrected chi connectivity index (χ3v) is 10.9. The van der Waals surface area contributed by atoms with Gasteiger partial charge in [-0.05, 0) is 50.6 Å². The maximum atomic E-state index is 12.0. The normalized spacial score (nSPS) is 21.5. The second-order valence-electron chi connectivity index (χ2n) is 13.6. The molecular formula is C35H43ClN8O3. The Morgan fingerprint density at radius 1 is 1.06 bits per heavy atom.